The Morgan fingerprint density at radius 3 is 2.19 bits per heavy atom. The molecule has 2 fully saturated rings. The third-order valence-electron chi connectivity index (χ3n) is 5.99. The van der Waals surface area contributed by atoms with Gasteiger partial charge in [-0.2, -0.15) is 0 Å². The summed E-state index contributed by atoms with van der Waals surface area (Å²) >= 11 is 0. The number of piperidine rings is 1. The van der Waals surface area contributed by atoms with E-state index in [1.165, 1.54) is 11.8 Å². The highest BCUT2D eigenvalue weighted by Gasteiger charge is 2.32. The Hall–Kier alpha value is -2.40. The van der Waals surface area contributed by atoms with Gasteiger partial charge in [-0.15, -0.1) is 0 Å². The van der Waals surface area contributed by atoms with E-state index in [2.05, 4.69) is 35.2 Å². The first-order valence-electron chi connectivity index (χ1n) is 9.91. The number of nitrogens with one attached hydrogen (secondary N) is 1. The van der Waals surface area contributed by atoms with E-state index in [0.717, 1.165) is 52.1 Å². The molecule has 2 saturated heterocycles. The van der Waals surface area contributed by atoms with Gasteiger partial charge in [0.25, 0.3) is 5.91 Å². The maximum atomic E-state index is 13.9. The van der Waals surface area contributed by atoms with Crippen LogP contribution in [0.5, 0.6) is 0 Å². The van der Waals surface area contributed by atoms with Gasteiger partial charge in [0.05, 0.1) is 37.8 Å². The summed E-state index contributed by atoms with van der Waals surface area (Å²) in [6, 6.07) is 17.5. The maximum Gasteiger partial charge on any atom is 0.256 e. The van der Waals surface area contributed by atoms with Crippen molar-refractivity contribution in [1.82, 2.24) is 4.90 Å². The number of para-hydroxylation sites is 1. The van der Waals surface area contributed by atoms with Gasteiger partial charge in [0, 0.05) is 31.6 Å². The third kappa shape index (κ3) is 3.98. The largest absolute Gasteiger partial charge is 0.360 e. The first-order valence-corrected chi connectivity index (χ1v) is 9.91. The monoisotopic (exact) mass is 368 g/mol. The molecule has 0 spiro atoms. The summed E-state index contributed by atoms with van der Waals surface area (Å²) in [7, 11) is 0. The fourth-order valence-corrected chi connectivity index (χ4v) is 4.40. The quantitative estimate of drug-likeness (QED) is 0.895. The van der Waals surface area contributed by atoms with E-state index >= 15 is 0 Å². The van der Waals surface area contributed by atoms with Crippen LogP contribution in [0.4, 0.5) is 10.1 Å². The molecule has 27 heavy (non-hydrogen) atoms. The number of nitrogens with zero attached hydrogens (tertiary/aromatic N) is 2. The van der Waals surface area contributed by atoms with Crippen molar-refractivity contribution in [2.24, 2.45) is 0 Å². The van der Waals surface area contributed by atoms with Crippen LogP contribution in [0.3, 0.4) is 0 Å². The molecule has 4 nitrogen and oxygen atoms in total. The second kappa shape index (κ2) is 8.09. The molecule has 2 aliphatic rings. The minimum atomic E-state index is -0.424. The average molecular weight is 368 g/mol. The molecule has 2 aromatic carbocycles. The topological polar surface area (TPSA) is 28.0 Å². The number of carbonyl (C=O) groups excluding carboxylic acids is 1. The van der Waals surface area contributed by atoms with Crippen molar-refractivity contribution in [3.05, 3.63) is 66.0 Å². The molecule has 0 atom stereocenters. The van der Waals surface area contributed by atoms with E-state index in [4.69, 9.17) is 0 Å². The number of amides is 1. The van der Waals surface area contributed by atoms with Crippen LogP contribution in [-0.4, -0.2) is 56.1 Å². The van der Waals surface area contributed by atoms with E-state index in [9.17, 15) is 9.18 Å². The van der Waals surface area contributed by atoms with Crippen LogP contribution in [0.25, 0.3) is 0 Å². The summed E-state index contributed by atoms with van der Waals surface area (Å²) in [4.78, 5) is 18.5. The first kappa shape index (κ1) is 18.0. The molecular formula is C22H27FN3O+. The zero-order valence-electron chi connectivity index (χ0n) is 15.6. The number of quaternary nitrogens is 1. The predicted octanol–water partition coefficient (Wildman–Crippen LogP) is 1.84. The Bertz CT molecular complexity index is 766. The van der Waals surface area contributed by atoms with Gasteiger partial charge < -0.3 is 14.7 Å². The molecular weight excluding hydrogens is 341 g/mol. The summed E-state index contributed by atoms with van der Waals surface area (Å²) in [6.07, 6.45) is 2.00. The fraction of sp³-hybridized carbons (Fsp3) is 0.409. The van der Waals surface area contributed by atoms with E-state index in [1.807, 2.05) is 4.90 Å². The molecule has 0 radical (unpaired) electrons. The van der Waals surface area contributed by atoms with Gasteiger partial charge in [0.15, 0.2) is 0 Å². The number of halogens is 1. The minimum Gasteiger partial charge on any atom is -0.360 e. The first-order chi connectivity index (χ1) is 13.2. The Kier molecular flexibility index (Phi) is 5.39. The van der Waals surface area contributed by atoms with E-state index in [1.54, 1.807) is 23.1 Å². The molecule has 0 saturated carbocycles. The van der Waals surface area contributed by atoms with Crippen LogP contribution >= 0.6 is 0 Å². The fourth-order valence-electron chi connectivity index (χ4n) is 4.40. The highest BCUT2D eigenvalue weighted by atomic mass is 19.1. The second-order valence-electron chi connectivity index (χ2n) is 7.53. The van der Waals surface area contributed by atoms with Crippen LogP contribution in [0.2, 0.25) is 0 Å². The summed E-state index contributed by atoms with van der Waals surface area (Å²) in [6.45, 7) is 5.89. The molecule has 2 heterocycles. The molecule has 0 aliphatic carbocycles. The van der Waals surface area contributed by atoms with Crippen molar-refractivity contribution < 1.29 is 14.1 Å². The standard InChI is InChI=1S/C22H26FN3O/c23-21-9-5-4-8-20(21)22(27)26-12-10-19(11-13-26)25-16-14-24(15-17-25)18-6-2-1-3-7-18/h1-9,19H,10-17H2/p+1. The van der Waals surface area contributed by atoms with Crippen LogP contribution in [-0.2, 0) is 0 Å². The highest BCUT2D eigenvalue weighted by Crippen LogP contribution is 2.16. The molecule has 0 aromatic heterocycles. The number of piperazine rings is 1. The third-order valence-corrected chi connectivity index (χ3v) is 5.99. The SMILES string of the molecule is O=C(c1ccccc1F)N1CCC([NH+]2CCN(c3ccccc3)CC2)CC1. The normalized spacial score (nSPS) is 19.3. The van der Waals surface area contributed by atoms with Crippen molar-refractivity contribution in [2.75, 3.05) is 44.2 Å². The Balaban J connectivity index is 1.29. The predicted molar refractivity (Wildman–Crippen MR) is 105 cm³/mol. The molecule has 0 unspecified atom stereocenters. The second-order valence-corrected chi connectivity index (χ2v) is 7.53. The zero-order chi connectivity index (χ0) is 18.6. The summed E-state index contributed by atoms with van der Waals surface area (Å²) in [5, 5.41) is 0. The maximum absolute atomic E-state index is 13.9. The number of likely N-dealkylation sites (tertiary alicyclic amines) is 1. The lowest BCUT2D eigenvalue weighted by Crippen LogP contribution is -3.18. The van der Waals surface area contributed by atoms with Crippen LogP contribution < -0.4 is 9.80 Å². The smallest absolute Gasteiger partial charge is 0.256 e. The lowest BCUT2D eigenvalue weighted by molar-refractivity contribution is -0.927. The lowest BCUT2D eigenvalue weighted by Gasteiger charge is -2.41. The van der Waals surface area contributed by atoms with Crippen LogP contribution in [0, 0.1) is 5.82 Å². The summed E-state index contributed by atoms with van der Waals surface area (Å²) < 4.78 is 13.9. The van der Waals surface area contributed by atoms with Crippen molar-refractivity contribution >= 4 is 11.6 Å². The highest BCUT2D eigenvalue weighted by molar-refractivity contribution is 5.94. The van der Waals surface area contributed by atoms with Crippen LogP contribution in [0.15, 0.2) is 54.6 Å². The van der Waals surface area contributed by atoms with Crippen molar-refractivity contribution in [3.8, 4) is 0 Å². The molecule has 0 bridgehead atoms. The van der Waals surface area contributed by atoms with E-state index in [-0.39, 0.29) is 11.5 Å². The lowest BCUT2D eigenvalue weighted by atomic mass is 10.0. The van der Waals surface area contributed by atoms with E-state index in [0.29, 0.717) is 6.04 Å². The Morgan fingerprint density at radius 2 is 1.52 bits per heavy atom. The summed E-state index contributed by atoms with van der Waals surface area (Å²) in [5.74, 6) is -0.595. The zero-order valence-corrected chi connectivity index (χ0v) is 15.6. The van der Waals surface area contributed by atoms with E-state index < -0.39 is 5.82 Å². The number of hydrogen-bond donors (Lipinski definition) is 1. The molecule has 2 aromatic rings. The summed E-state index contributed by atoms with van der Waals surface area (Å²) in [5.41, 5.74) is 1.50. The van der Waals surface area contributed by atoms with Gasteiger partial charge in [-0.25, -0.2) is 4.39 Å². The van der Waals surface area contributed by atoms with Gasteiger partial charge in [0.2, 0.25) is 0 Å². The molecule has 2 aliphatic heterocycles. The molecule has 142 valence electrons. The Morgan fingerprint density at radius 1 is 0.889 bits per heavy atom. The van der Waals surface area contributed by atoms with Gasteiger partial charge in [-0.1, -0.05) is 30.3 Å². The number of carbonyl (C=O) groups is 1. The van der Waals surface area contributed by atoms with Gasteiger partial charge in [0.1, 0.15) is 5.82 Å². The van der Waals surface area contributed by atoms with Gasteiger partial charge >= 0.3 is 0 Å². The van der Waals surface area contributed by atoms with Gasteiger partial charge in [-0.05, 0) is 24.3 Å². The molecule has 5 heteroatoms. The van der Waals surface area contributed by atoms with Crippen molar-refractivity contribution in [3.63, 3.8) is 0 Å². The minimum absolute atomic E-state index is 0.171. The number of rotatable bonds is 3. The van der Waals surface area contributed by atoms with Crippen molar-refractivity contribution in [1.29, 1.82) is 0 Å². The number of anilines is 1. The number of benzene rings is 2. The van der Waals surface area contributed by atoms with Crippen LogP contribution in [0.1, 0.15) is 23.2 Å². The van der Waals surface area contributed by atoms with Crippen molar-refractivity contribution in [2.45, 2.75) is 18.9 Å². The molecule has 1 N–H and O–H groups in total. The number of hydrogen-bond acceptors (Lipinski definition) is 2. The molecule has 1 amide bonds. The van der Waals surface area contributed by atoms with Gasteiger partial charge in [-0.3, -0.25) is 4.79 Å². The average Bonchev–Trinajstić information content (AvgIpc) is 2.74. The molecule has 4 rings (SSSR count). The Labute approximate surface area is 160 Å².